The number of nitrogens with one attached hydrogen (secondary N) is 2. The smallest absolute Gasteiger partial charge is 0.321 e. The van der Waals surface area contributed by atoms with E-state index in [4.69, 9.17) is 0 Å². The fourth-order valence-corrected chi connectivity index (χ4v) is 2.70. The molecule has 2 amide bonds. The predicted molar refractivity (Wildman–Crippen MR) is 90.4 cm³/mol. The van der Waals surface area contributed by atoms with Gasteiger partial charge in [0.05, 0.1) is 6.10 Å². The van der Waals surface area contributed by atoms with Crippen LogP contribution in [0.15, 0.2) is 35.8 Å². The van der Waals surface area contributed by atoms with Gasteiger partial charge in [-0.1, -0.05) is 41.7 Å². The van der Waals surface area contributed by atoms with Gasteiger partial charge in [0.25, 0.3) is 0 Å². The normalized spacial score (nSPS) is 13.6. The van der Waals surface area contributed by atoms with E-state index >= 15 is 0 Å². The molecule has 0 saturated heterocycles. The summed E-state index contributed by atoms with van der Waals surface area (Å²) in [6.45, 7) is 0.994. The molecule has 8 heteroatoms. The van der Waals surface area contributed by atoms with Crippen LogP contribution in [0.1, 0.15) is 11.7 Å². The molecule has 0 bridgehead atoms. The summed E-state index contributed by atoms with van der Waals surface area (Å²) in [5.41, 5.74) is 2.38. The lowest BCUT2D eigenvalue weighted by molar-refractivity contribution is 0.0911. The number of aliphatic hydroxyl groups is 1. The first kappa shape index (κ1) is 17.3. The molecule has 1 aromatic heterocycles. The van der Waals surface area contributed by atoms with Gasteiger partial charge in [0, 0.05) is 19.0 Å². The number of rotatable bonds is 7. The molecule has 0 aliphatic rings. The van der Waals surface area contributed by atoms with Crippen LogP contribution in [0.4, 0.5) is 9.93 Å². The standard InChI is InChI=1S/C15H21N5O2S/c1-20(2)9-12(13(21)11-6-4-3-5-7-11)8-16-14(22)18-15-19-17-10-23-15/h3-7,10,12-13,21H,8-9H2,1-2H3,(H2,16,18,19,22). The van der Waals surface area contributed by atoms with Crippen molar-refractivity contribution >= 4 is 22.5 Å². The van der Waals surface area contributed by atoms with Crippen molar-refractivity contribution in [3.63, 3.8) is 0 Å². The molecule has 0 radical (unpaired) electrons. The topological polar surface area (TPSA) is 90.4 Å². The molecule has 23 heavy (non-hydrogen) atoms. The number of hydrogen-bond donors (Lipinski definition) is 3. The third-order valence-electron chi connectivity index (χ3n) is 3.29. The predicted octanol–water partition coefficient (Wildman–Crippen LogP) is 1.57. The van der Waals surface area contributed by atoms with Crippen LogP contribution in [0.5, 0.6) is 0 Å². The summed E-state index contributed by atoms with van der Waals surface area (Å²) in [5.74, 6) is -0.132. The van der Waals surface area contributed by atoms with Crippen molar-refractivity contribution in [1.29, 1.82) is 0 Å². The van der Waals surface area contributed by atoms with Gasteiger partial charge in [0.1, 0.15) is 5.51 Å². The van der Waals surface area contributed by atoms with Crippen molar-refractivity contribution in [2.24, 2.45) is 5.92 Å². The number of aromatic nitrogens is 2. The Morgan fingerprint density at radius 1 is 1.35 bits per heavy atom. The molecule has 2 unspecified atom stereocenters. The number of nitrogens with zero attached hydrogens (tertiary/aromatic N) is 3. The zero-order valence-electron chi connectivity index (χ0n) is 13.1. The van der Waals surface area contributed by atoms with Gasteiger partial charge in [-0.15, -0.1) is 10.2 Å². The van der Waals surface area contributed by atoms with E-state index < -0.39 is 6.10 Å². The number of anilines is 1. The Balaban J connectivity index is 1.94. The zero-order chi connectivity index (χ0) is 16.7. The van der Waals surface area contributed by atoms with E-state index in [-0.39, 0.29) is 11.9 Å². The number of benzene rings is 1. The molecule has 3 N–H and O–H groups in total. The average Bonchev–Trinajstić information content (AvgIpc) is 3.04. The number of amides is 2. The second-order valence-corrected chi connectivity index (χ2v) is 6.29. The van der Waals surface area contributed by atoms with E-state index in [2.05, 4.69) is 20.8 Å². The number of hydrogen-bond acceptors (Lipinski definition) is 6. The van der Waals surface area contributed by atoms with Gasteiger partial charge in [-0.3, -0.25) is 5.32 Å². The monoisotopic (exact) mass is 335 g/mol. The van der Waals surface area contributed by atoms with Crippen molar-refractivity contribution in [2.75, 3.05) is 32.5 Å². The fourth-order valence-electron chi connectivity index (χ4n) is 2.26. The van der Waals surface area contributed by atoms with Crippen molar-refractivity contribution in [3.05, 3.63) is 41.4 Å². The highest BCUT2D eigenvalue weighted by molar-refractivity contribution is 7.13. The Labute approximate surface area is 139 Å². The highest BCUT2D eigenvalue weighted by Gasteiger charge is 2.22. The summed E-state index contributed by atoms with van der Waals surface area (Å²) in [4.78, 5) is 13.9. The number of urea groups is 1. The Morgan fingerprint density at radius 3 is 2.70 bits per heavy atom. The van der Waals surface area contributed by atoms with E-state index in [1.807, 2.05) is 49.3 Å². The maximum absolute atomic E-state index is 11.9. The van der Waals surface area contributed by atoms with Gasteiger partial charge in [-0.25, -0.2) is 4.79 Å². The Hall–Kier alpha value is -2.03. The van der Waals surface area contributed by atoms with Gasteiger partial charge < -0.3 is 15.3 Å². The first-order valence-corrected chi connectivity index (χ1v) is 8.13. The van der Waals surface area contributed by atoms with Crippen molar-refractivity contribution in [2.45, 2.75) is 6.10 Å². The lowest BCUT2D eigenvalue weighted by Gasteiger charge is -2.26. The minimum absolute atomic E-state index is 0.132. The van der Waals surface area contributed by atoms with E-state index in [0.717, 1.165) is 5.56 Å². The van der Waals surface area contributed by atoms with Gasteiger partial charge in [0.15, 0.2) is 0 Å². The van der Waals surface area contributed by atoms with E-state index in [9.17, 15) is 9.90 Å². The van der Waals surface area contributed by atoms with Crippen molar-refractivity contribution in [3.8, 4) is 0 Å². The number of carbonyl (C=O) groups is 1. The Morgan fingerprint density at radius 2 is 2.09 bits per heavy atom. The van der Waals surface area contributed by atoms with Gasteiger partial charge in [-0.05, 0) is 19.7 Å². The molecule has 2 rings (SSSR count). The van der Waals surface area contributed by atoms with Gasteiger partial charge in [-0.2, -0.15) is 0 Å². The maximum Gasteiger partial charge on any atom is 0.321 e. The van der Waals surface area contributed by atoms with E-state index in [0.29, 0.717) is 18.2 Å². The van der Waals surface area contributed by atoms with E-state index in [1.165, 1.54) is 11.3 Å². The molecule has 0 aliphatic heterocycles. The molecule has 0 fully saturated rings. The van der Waals surface area contributed by atoms with Crippen LogP contribution in [-0.4, -0.2) is 53.4 Å². The summed E-state index contributed by atoms with van der Waals surface area (Å²) in [5, 5.41) is 23.8. The van der Waals surface area contributed by atoms with Crippen LogP contribution in [0, 0.1) is 5.92 Å². The van der Waals surface area contributed by atoms with Crippen molar-refractivity contribution < 1.29 is 9.90 Å². The molecule has 7 nitrogen and oxygen atoms in total. The molecular formula is C15H21N5O2S. The van der Waals surface area contributed by atoms with Gasteiger partial charge in [0.2, 0.25) is 5.13 Å². The summed E-state index contributed by atoms with van der Waals surface area (Å²) in [7, 11) is 3.87. The molecule has 0 saturated carbocycles. The summed E-state index contributed by atoms with van der Waals surface area (Å²) in [6.07, 6.45) is -0.652. The molecule has 2 aromatic rings. The average molecular weight is 335 g/mol. The maximum atomic E-state index is 11.9. The SMILES string of the molecule is CN(C)CC(CNC(=O)Nc1nncs1)C(O)c1ccccc1. The first-order chi connectivity index (χ1) is 11.1. The second kappa shape index (κ2) is 8.56. The van der Waals surface area contributed by atoms with Crippen LogP contribution in [-0.2, 0) is 0 Å². The number of carbonyl (C=O) groups excluding carboxylic acids is 1. The minimum atomic E-state index is -0.652. The van der Waals surface area contributed by atoms with Crippen LogP contribution < -0.4 is 10.6 Å². The fraction of sp³-hybridized carbons (Fsp3) is 0.400. The van der Waals surface area contributed by atoms with Crippen LogP contribution >= 0.6 is 11.3 Å². The largest absolute Gasteiger partial charge is 0.388 e. The molecule has 1 aromatic carbocycles. The first-order valence-electron chi connectivity index (χ1n) is 7.25. The molecule has 124 valence electrons. The summed E-state index contributed by atoms with van der Waals surface area (Å²) < 4.78 is 0. The molecule has 0 aliphatic carbocycles. The van der Waals surface area contributed by atoms with Crippen LogP contribution in [0.2, 0.25) is 0 Å². The molecular weight excluding hydrogens is 314 g/mol. The molecule has 0 spiro atoms. The summed E-state index contributed by atoms with van der Waals surface area (Å²) >= 11 is 1.25. The van der Waals surface area contributed by atoms with Crippen LogP contribution in [0.25, 0.3) is 0 Å². The Kier molecular flexibility index (Phi) is 6.45. The quantitative estimate of drug-likeness (QED) is 0.714. The minimum Gasteiger partial charge on any atom is -0.388 e. The zero-order valence-corrected chi connectivity index (χ0v) is 14.0. The molecule has 2 atom stereocenters. The third-order valence-corrected chi connectivity index (χ3v) is 3.90. The third kappa shape index (κ3) is 5.59. The number of aliphatic hydroxyl groups excluding tert-OH is 1. The highest BCUT2D eigenvalue weighted by atomic mass is 32.1. The molecule has 1 heterocycles. The van der Waals surface area contributed by atoms with E-state index in [1.54, 1.807) is 5.51 Å². The second-order valence-electron chi connectivity index (χ2n) is 5.46. The Bertz CT molecular complexity index is 591. The van der Waals surface area contributed by atoms with Crippen molar-refractivity contribution in [1.82, 2.24) is 20.4 Å². The lowest BCUT2D eigenvalue weighted by atomic mass is 9.95. The highest BCUT2D eigenvalue weighted by Crippen LogP contribution is 2.22. The van der Waals surface area contributed by atoms with Gasteiger partial charge >= 0.3 is 6.03 Å². The lowest BCUT2D eigenvalue weighted by Crippen LogP contribution is -2.39. The summed E-state index contributed by atoms with van der Waals surface area (Å²) in [6, 6.07) is 9.10. The van der Waals surface area contributed by atoms with Crippen LogP contribution in [0.3, 0.4) is 0 Å².